The molecule has 1 aromatic rings. The zero-order chi connectivity index (χ0) is 14.2. The quantitative estimate of drug-likeness (QED) is 0.664. The normalized spacial score (nSPS) is 23.4. The number of alkyl halides is 1. The maximum absolute atomic E-state index is 13.2. The van der Waals surface area contributed by atoms with E-state index in [9.17, 15) is 19.3 Å². The van der Waals surface area contributed by atoms with Crippen LogP contribution < -0.4 is 0 Å². The van der Waals surface area contributed by atoms with Crippen molar-refractivity contribution in [3.63, 3.8) is 0 Å². The first-order valence-corrected chi connectivity index (χ1v) is 5.80. The zero-order valence-corrected chi connectivity index (χ0v) is 10.3. The van der Waals surface area contributed by atoms with Gasteiger partial charge in [-0.05, 0) is 12.8 Å². The number of hydrogen-bond acceptors (Lipinski definition) is 4. The van der Waals surface area contributed by atoms with Crippen molar-refractivity contribution in [2.24, 2.45) is 0 Å². The van der Waals surface area contributed by atoms with E-state index in [0.717, 1.165) is 15.8 Å². The fraction of sp³-hybridized carbons (Fsp3) is 0.556. The number of rotatable bonds is 2. The van der Waals surface area contributed by atoms with Crippen molar-refractivity contribution in [3.05, 3.63) is 21.5 Å². The van der Waals surface area contributed by atoms with E-state index >= 15 is 0 Å². The molecule has 104 valence electrons. The Kier molecular flexibility index (Phi) is 3.56. The van der Waals surface area contributed by atoms with Gasteiger partial charge < -0.3 is 5.11 Å². The Morgan fingerprint density at radius 3 is 2.84 bits per heavy atom. The second kappa shape index (κ2) is 5.00. The first-order chi connectivity index (χ1) is 8.91. The average molecular weight is 293 g/mol. The molecule has 0 aliphatic carbocycles. The maximum atomic E-state index is 13.2. The van der Waals surface area contributed by atoms with Crippen LogP contribution in [-0.4, -0.2) is 43.5 Å². The summed E-state index contributed by atoms with van der Waals surface area (Å²) in [5, 5.41) is 23.2. The van der Waals surface area contributed by atoms with Crippen molar-refractivity contribution >= 4 is 23.4 Å². The zero-order valence-electron chi connectivity index (χ0n) is 9.57. The first kappa shape index (κ1) is 13.5. The van der Waals surface area contributed by atoms with E-state index in [-0.39, 0.29) is 24.5 Å². The molecule has 1 aliphatic rings. The van der Waals surface area contributed by atoms with Crippen LogP contribution in [0.25, 0.3) is 0 Å². The Morgan fingerprint density at radius 1 is 1.63 bits per heavy atom. The number of carbonyl (C=O) groups is 1. The highest BCUT2D eigenvalue weighted by Gasteiger charge is 2.35. The van der Waals surface area contributed by atoms with E-state index in [1.807, 2.05) is 0 Å². The highest BCUT2D eigenvalue weighted by molar-refractivity contribution is 6.31. The molecule has 2 rings (SSSR count). The predicted molar refractivity (Wildman–Crippen MR) is 61.8 cm³/mol. The van der Waals surface area contributed by atoms with Crippen LogP contribution in [0, 0.1) is 10.1 Å². The smallest absolute Gasteiger partial charge is 0.409 e. The number of halogens is 2. The number of carboxylic acid groups (broad SMARTS) is 1. The summed E-state index contributed by atoms with van der Waals surface area (Å²) in [5.41, 5.74) is -0.408. The Bertz CT molecular complexity index is 522. The van der Waals surface area contributed by atoms with Gasteiger partial charge in [0.15, 0.2) is 0 Å². The SMILES string of the molecule is O=C(O)N1CC(F)CCC1n1ncc([N+](=O)[O-])c1Cl. The van der Waals surface area contributed by atoms with Crippen molar-refractivity contribution in [1.29, 1.82) is 0 Å². The summed E-state index contributed by atoms with van der Waals surface area (Å²) < 4.78 is 14.3. The van der Waals surface area contributed by atoms with Crippen LogP contribution in [0.4, 0.5) is 14.9 Å². The number of likely N-dealkylation sites (tertiary alicyclic amines) is 1. The molecule has 1 N–H and O–H groups in total. The molecular formula is C9H10ClFN4O4. The van der Waals surface area contributed by atoms with Crippen molar-refractivity contribution < 1.29 is 19.2 Å². The van der Waals surface area contributed by atoms with Gasteiger partial charge in [-0.15, -0.1) is 0 Å². The molecule has 19 heavy (non-hydrogen) atoms. The molecule has 0 bridgehead atoms. The molecule has 1 amide bonds. The second-order valence-corrected chi connectivity index (χ2v) is 4.47. The van der Waals surface area contributed by atoms with Gasteiger partial charge in [-0.2, -0.15) is 5.10 Å². The van der Waals surface area contributed by atoms with E-state index in [4.69, 9.17) is 16.7 Å². The molecule has 1 fully saturated rings. The highest BCUT2D eigenvalue weighted by Crippen LogP contribution is 2.33. The number of nitro groups is 1. The van der Waals surface area contributed by atoms with Crippen molar-refractivity contribution in [1.82, 2.24) is 14.7 Å². The Morgan fingerprint density at radius 2 is 2.32 bits per heavy atom. The Hall–Kier alpha value is -1.90. The van der Waals surface area contributed by atoms with E-state index in [1.54, 1.807) is 0 Å². The lowest BCUT2D eigenvalue weighted by atomic mass is 10.1. The fourth-order valence-electron chi connectivity index (χ4n) is 2.04. The summed E-state index contributed by atoms with van der Waals surface area (Å²) in [6.45, 7) is -0.302. The molecule has 8 nitrogen and oxygen atoms in total. The number of hydrogen-bond donors (Lipinski definition) is 1. The predicted octanol–water partition coefficient (Wildman–Crippen LogP) is 2.06. The summed E-state index contributed by atoms with van der Waals surface area (Å²) in [7, 11) is 0. The summed E-state index contributed by atoms with van der Waals surface area (Å²) in [5.74, 6) is 0. The van der Waals surface area contributed by atoms with E-state index in [2.05, 4.69) is 5.10 Å². The van der Waals surface area contributed by atoms with Crippen molar-refractivity contribution in [2.75, 3.05) is 6.54 Å². The van der Waals surface area contributed by atoms with Gasteiger partial charge in [0.05, 0.1) is 11.5 Å². The third-order valence-electron chi connectivity index (χ3n) is 2.93. The number of aromatic nitrogens is 2. The molecule has 0 saturated carbocycles. The van der Waals surface area contributed by atoms with E-state index in [1.165, 1.54) is 0 Å². The molecular weight excluding hydrogens is 283 g/mol. The van der Waals surface area contributed by atoms with E-state index in [0.29, 0.717) is 0 Å². The van der Waals surface area contributed by atoms with Crippen LogP contribution in [0.2, 0.25) is 5.15 Å². The minimum absolute atomic E-state index is 0.151. The summed E-state index contributed by atoms with van der Waals surface area (Å²) in [6, 6.07) is 0. The molecule has 2 atom stereocenters. The Labute approximate surface area is 111 Å². The molecule has 2 unspecified atom stereocenters. The lowest BCUT2D eigenvalue weighted by molar-refractivity contribution is -0.384. The summed E-state index contributed by atoms with van der Waals surface area (Å²) >= 11 is 5.80. The second-order valence-electron chi connectivity index (χ2n) is 4.11. The van der Waals surface area contributed by atoms with Gasteiger partial charge in [-0.3, -0.25) is 15.0 Å². The molecule has 0 aromatic carbocycles. The van der Waals surface area contributed by atoms with Crippen LogP contribution in [0.1, 0.15) is 19.0 Å². The summed E-state index contributed by atoms with van der Waals surface area (Å²) in [4.78, 5) is 21.9. The lowest BCUT2D eigenvalue weighted by Gasteiger charge is -2.35. The number of nitrogens with zero attached hydrogens (tertiary/aromatic N) is 4. The van der Waals surface area contributed by atoms with Gasteiger partial charge in [0.1, 0.15) is 18.5 Å². The van der Waals surface area contributed by atoms with Gasteiger partial charge in [0, 0.05) is 0 Å². The van der Waals surface area contributed by atoms with Crippen LogP contribution in [0.5, 0.6) is 0 Å². The molecule has 0 spiro atoms. The number of piperidine rings is 1. The summed E-state index contributed by atoms with van der Waals surface area (Å²) in [6.07, 6.45) is -2.14. The minimum Gasteiger partial charge on any atom is -0.465 e. The van der Waals surface area contributed by atoms with Crippen molar-refractivity contribution in [3.8, 4) is 0 Å². The molecule has 1 aliphatic heterocycles. The fourth-order valence-corrected chi connectivity index (χ4v) is 2.31. The Balaban J connectivity index is 2.34. The third-order valence-corrected chi connectivity index (χ3v) is 3.30. The van der Waals surface area contributed by atoms with Gasteiger partial charge in [0.2, 0.25) is 5.15 Å². The minimum atomic E-state index is -1.32. The van der Waals surface area contributed by atoms with Crippen LogP contribution in [0.15, 0.2) is 6.20 Å². The molecule has 0 radical (unpaired) electrons. The van der Waals surface area contributed by atoms with Gasteiger partial charge in [0.25, 0.3) is 0 Å². The van der Waals surface area contributed by atoms with Gasteiger partial charge in [-0.25, -0.2) is 13.9 Å². The molecule has 2 heterocycles. The highest BCUT2D eigenvalue weighted by atomic mass is 35.5. The standard InChI is InChI=1S/C9H10ClFN4O4/c10-8-6(15(18)19)3-12-14(8)7-2-1-5(11)4-13(7)9(16)17/h3,5,7H,1-2,4H2,(H,16,17). The lowest BCUT2D eigenvalue weighted by Crippen LogP contribution is -2.45. The first-order valence-electron chi connectivity index (χ1n) is 5.43. The molecule has 1 saturated heterocycles. The van der Waals surface area contributed by atoms with Crippen molar-refractivity contribution in [2.45, 2.75) is 25.2 Å². The maximum Gasteiger partial charge on any atom is 0.409 e. The average Bonchev–Trinajstić information content (AvgIpc) is 2.71. The van der Waals surface area contributed by atoms with Crippen LogP contribution in [0.3, 0.4) is 0 Å². The third kappa shape index (κ3) is 2.46. The largest absolute Gasteiger partial charge is 0.465 e. The molecule has 1 aromatic heterocycles. The number of amides is 1. The van der Waals surface area contributed by atoms with Crippen LogP contribution in [-0.2, 0) is 0 Å². The van der Waals surface area contributed by atoms with Gasteiger partial charge in [-0.1, -0.05) is 11.6 Å². The van der Waals surface area contributed by atoms with Gasteiger partial charge >= 0.3 is 11.8 Å². The van der Waals surface area contributed by atoms with Crippen LogP contribution >= 0.6 is 11.6 Å². The van der Waals surface area contributed by atoms with E-state index < -0.39 is 29.0 Å². The molecule has 10 heteroatoms. The topological polar surface area (TPSA) is 102 Å². The monoisotopic (exact) mass is 292 g/mol.